The number of carbonyl (C=O) groups is 3. The zero-order valence-electron chi connectivity index (χ0n) is 32.3. The van der Waals surface area contributed by atoms with E-state index in [0.29, 0.717) is 17.7 Å². The maximum absolute atomic E-state index is 14.7. The van der Waals surface area contributed by atoms with E-state index in [1.54, 1.807) is 25.1 Å². The van der Waals surface area contributed by atoms with Crippen LogP contribution in [0.15, 0.2) is 119 Å². The largest absolute Gasteiger partial charge is 0.405 e. The second-order valence-electron chi connectivity index (χ2n) is 14.9. The predicted octanol–water partition coefficient (Wildman–Crippen LogP) is 4.91. The molecule has 0 saturated carbocycles. The van der Waals surface area contributed by atoms with Gasteiger partial charge in [0, 0.05) is 31.1 Å². The number of carbonyl (C=O) groups excluding carboxylic acids is 3. The van der Waals surface area contributed by atoms with Crippen LogP contribution in [0.25, 0.3) is 0 Å². The van der Waals surface area contributed by atoms with Gasteiger partial charge in [0.15, 0.2) is 7.11 Å². The topological polar surface area (TPSA) is 145 Å². The van der Waals surface area contributed by atoms with E-state index in [1.807, 2.05) is 36.4 Å². The summed E-state index contributed by atoms with van der Waals surface area (Å²) in [5, 5.41) is 12.1. The Morgan fingerprint density at radius 3 is 2.24 bits per heavy atom. The molecule has 5 aromatic rings. The molecule has 3 heterocycles. The highest BCUT2D eigenvalue weighted by molar-refractivity contribution is 6.99. The van der Waals surface area contributed by atoms with Gasteiger partial charge in [0.1, 0.15) is 23.3 Å². The average Bonchev–Trinajstić information content (AvgIpc) is 3.76. The van der Waals surface area contributed by atoms with Gasteiger partial charge in [0.25, 0.3) is 19.8 Å². The standard InChI is InChI=1S/C42H46FN5O6Si/c1-28-24-36(47-54-28)39(50)46-35-16-11-23-48(41(35)52)37(25-29-17-19-31(43)20-18-29)40(51)45-32(26-30-21-22-44-38(30)49)27-53-55(42(2,3)4,33-12-7-5-8-13-33)34-14-9-6-10-15-34/h5-20,23-24,30,32,37H,21-22,25-27H2,1-4H3,(H,44,49)(H,45,51)(H,46,50)/t30-,32-,37-/m0/s1/i/hD. The molecule has 3 aromatic carbocycles. The lowest BCUT2D eigenvalue weighted by Gasteiger charge is -2.44. The highest BCUT2D eigenvalue weighted by atomic mass is 28.4. The lowest BCUT2D eigenvalue weighted by Crippen LogP contribution is -2.67. The number of aromatic nitrogens is 2. The Bertz CT molecular complexity index is 2170. The van der Waals surface area contributed by atoms with E-state index in [9.17, 15) is 23.6 Å². The maximum Gasteiger partial charge on any atom is 0.278 e. The lowest BCUT2D eigenvalue weighted by atomic mass is 9.98. The lowest BCUT2D eigenvalue weighted by molar-refractivity contribution is -0.127. The van der Waals surface area contributed by atoms with Crippen LogP contribution in [0.5, 0.6) is 0 Å². The van der Waals surface area contributed by atoms with Crippen molar-refractivity contribution in [3.8, 4) is 0 Å². The first kappa shape index (κ1) is 37.6. The molecular formula is C42H46FN5O6Si. The van der Waals surface area contributed by atoms with Crippen LogP contribution in [-0.2, 0) is 20.4 Å². The molecule has 3 amide bonds. The van der Waals surface area contributed by atoms with Crippen molar-refractivity contribution in [3.63, 3.8) is 0 Å². The number of aryl methyl sites for hydroxylation is 1. The average molecular weight is 765 g/mol. The second kappa shape index (κ2) is 16.8. The molecule has 55 heavy (non-hydrogen) atoms. The first-order chi connectivity index (χ1) is 26.8. The fraction of sp³-hybridized carbons (Fsp3) is 0.310. The molecule has 0 radical (unpaired) electrons. The molecule has 2 aromatic heterocycles. The Morgan fingerprint density at radius 1 is 1.02 bits per heavy atom. The molecule has 1 aliphatic heterocycles. The maximum atomic E-state index is 14.7. The third kappa shape index (κ3) is 8.84. The fourth-order valence-corrected chi connectivity index (χ4v) is 11.9. The van der Waals surface area contributed by atoms with E-state index in [-0.39, 0.29) is 48.3 Å². The third-order valence-electron chi connectivity index (χ3n) is 9.99. The quantitative estimate of drug-likeness (QED) is 0.137. The number of amides is 3. The van der Waals surface area contributed by atoms with Crippen LogP contribution in [0.1, 0.15) is 61.5 Å². The normalized spacial score (nSPS) is 16.0. The van der Waals surface area contributed by atoms with Crippen molar-refractivity contribution in [2.75, 3.05) is 18.5 Å². The smallest absolute Gasteiger partial charge is 0.278 e. The first-order valence-electron chi connectivity index (χ1n) is 18.8. The highest BCUT2D eigenvalue weighted by Gasteiger charge is 2.50. The summed E-state index contributed by atoms with van der Waals surface area (Å²) < 4.78 is 35.6. The summed E-state index contributed by atoms with van der Waals surface area (Å²) in [6.45, 7) is 8.38. The van der Waals surface area contributed by atoms with Crippen LogP contribution >= 0.6 is 0 Å². The van der Waals surface area contributed by atoms with Gasteiger partial charge in [-0.2, -0.15) is 0 Å². The molecule has 1 aliphatic rings. The zero-order valence-corrected chi connectivity index (χ0v) is 32.3. The van der Waals surface area contributed by atoms with Crippen LogP contribution < -0.4 is 31.9 Å². The van der Waals surface area contributed by atoms with Gasteiger partial charge in [-0.1, -0.05) is 98.7 Å². The van der Waals surface area contributed by atoms with Crippen molar-refractivity contribution >= 4 is 42.1 Å². The Hall–Kier alpha value is -5.66. The summed E-state index contributed by atoms with van der Waals surface area (Å²) in [5.74, 6) is -2.11. The van der Waals surface area contributed by atoms with Gasteiger partial charge in [0.05, 0.1) is 12.6 Å². The summed E-state index contributed by atoms with van der Waals surface area (Å²) in [6.07, 6.45) is 2.10. The van der Waals surface area contributed by atoms with Gasteiger partial charge in [-0.3, -0.25) is 19.2 Å². The predicted molar refractivity (Wildman–Crippen MR) is 210 cm³/mol. The minimum Gasteiger partial charge on any atom is -0.405 e. The van der Waals surface area contributed by atoms with Gasteiger partial charge in [0.2, 0.25) is 11.8 Å². The van der Waals surface area contributed by atoms with E-state index >= 15 is 0 Å². The molecule has 1 fully saturated rings. The summed E-state index contributed by atoms with van der Waals surface area (Å²) >= 11 is 0. The molecule has 6 rings (SSSR count). The molecule has 1 saturated heterocycles. The Labute approximate surface area is 321 Å². The molecule has 0 bridgehead atoms. The molecule has 0 unspecified atom stereocenters. The van der Waals surface area contributed by atoms with Gasteiger partial charge < -0.3 is 29.5 Å². The zero-order chi connectivity index (χ0) is 40.0. The number of rotatable bonds is 14. The summed E-state index contributed by atoms with van der Waals surface area (Å²) in [5.41, 5.74) is -0.177. The number of benzene rings is 3. The van der Waals surface area contributed by atoms with Gasteiger partial charge in [-0.25, -0.2) is 4.39 Å². The van der Waals surface area contributed by atoms with E-state index in [1.165, 1.54) is 35.0 Å². The number of hydrogen-bond acceptors (Lipinski definition) is 7. The van der Waals surface area contributed by atoms with E-state index < -0.39 is 49.5 Å². The fourth-order valence-electron chi connectivity index (χ4n) is 7.27. The Kier molecular flexibility index (Phi) is 11.5. The molecule has 13 heteroatoms. The number of halogens is 1. The van der Waals surface area contributed by atoms with Crippen molar-refractivity contribution in [3.05, 3.63) is 143 Å². The van der Waals surface area contributed by atoms with Crippen LogP contribution in [0.3, 0.4) is 0 Å². The molecule has 3 atom stereocenters. The van der Waals surface area contributed by atoms with Crippen molar-refractivity contribution in [2.45, 2.75) is 64.1 Å². The van der Waals surface area contributed by atoms with Crippen LogP contribution in [0.2, 0.25) is 6.45 Å². The Morgan fingerprint density at radius 2 is 1.67 bits per heavy atom. The van der Waals surface area contributed by atoms with E-state index in [0.717, 1.165) is 15.7 Å². The van der Waals surface area contributed by atoms with Crippen molar-refractivity contribution < 1.29 is 29.1 Å². The number of pyridine rings is 1. The van der Waals surface area contributed by atoms with Crippen LogP contribution in [0, 0.1) is 18.7 Å². The van der Waals surface area contributed by atoms with Gasteiger partial charge >= 0.3 is 0 Å². The highest BCUT2D eigenvalue weighted by Crippen LogP contribution is 2.37. The number of nitrogens with one attached hydrogen (secondary N) is 3. The number of hydrogen-bond donors (Lipinski definition) is 3. The van der Waals surface area contributed by atoms with Crippen molar-refractivity contribution in [1.29, 1.82) is 0 Å². The summed E-state index contributed by atoms with van der Waals surface area (Å²) in [4.78, 5) is 54.8. The summed E-state index contributed by atoms with van der Waals surface area (Å²) in [7, 11) is -3.09. The molecule has 286 valence electrons. The molecule has 11 nitrogen and oxygen atoms in total. The molecule has 0 spiro atoms. The van der Waals surface area contributed by atoms with E-state index in [4.69, 9.17) is 10.4 Å². The molecule has 3 N–H and O–H groups in total. The Balaban J connectivity index is 1.37. The van der Waals surface area contributed by atoms with Crippen LogP contribution in [-0.4, -0.2) is 55.0 Å². The molecule has 0 aliphatic carbocycles. The minimum atomic E-state index is -3.09. The number of nitrogens with zero attached hydrogens (tertiary/aromatic N) is 2. The second-order valence-corrected chi connectivity index (χ2v) is 19.2. The first-order valence-corrected chi connectivity index (χ1v) is 20.2. The monoisotopic (exact) mass is 764 g/mol. The van der Waals surface area contributed by atoms with Gasteiger partial charge in [-0.05, 0) is 65.0 Å². The summed E-state index contributed by atoms with van der Waals surface area (Å²) in [6, 6.07) is 28.3. The number of anilines is 1. The van der Waals surface area contributed by atoms with Crippen molar-refractivity contribution in [1.82, 2.24) is 20.4 Å². The van der Waals surface area contributed by atoms with Crippen LogP contribution in [0.4, 0.5) is 10.1 Å². The minimum absolute atomic E-state index is 0.00293. The van der Waals surface area contributed by atoms with Crippen molar-refractivity contribution in [2.24, 2.45) is 5.92 Å². The van der Waals surface area contributed by atoms with Gasteiger partial charge in [-0.15, -0.1) is 0 Å². The SMILES string of the molecule is [2H]N1CC[C@@H](C[C@@H](CO[Si](c2ccccc2)(c2ccccc2)C(C)(C)C)NC(=O)[C@H](Cc2ccc(F)cc2)n2cccc(NC(=O)c3cc(C)on3)c2=O)C1=O. The van der Waals surface area contributed by atoms with E-state index in [2.05, 4.69) is 60.8 Å². The molecular weight excluding hydrogens is 718 g/mol. The third-order valence-corrected chi connectivity index (χ3v) is 15.0.